The van der Waals surface area contributed by atoms with Gasteiger partial charge in [-0.15, -0.1) is 0 Å². The highest BCUT2D eigenvalue weighted by molar-refractivity contribution is 5.68. The smallest absolute Gasteiger partial charge is 0.119 e. The number of benzene rings is 2. The lowest BCUT2D eigenvalue weighted by Crippen LogP contribution is -1.91. The third kappa shape index (κ3) is 2.48. The zero-order chi connectivity index (χ0) is 13.1. The third-order valence-electron chi connectivity index (χ3n) is 3.20. The Bertz CT molecular complexity index is 539. The maximum atomic E-state index is 9.52. The normalized spacial score (nSPS) is 10.6. The van der Waals surface area contributed by atoms with E-state index < -0.39 is 0 Å². The molecule has 2 rings (SSSR count). The fraction of sp³-hybridized carbons (Fsp3) is 0.250. The summed E-state index contributed by atoms with van der Waals surface area (Å²) in [5, 5.41) is 19.0. The number of hydrogen-bond donors (Lipinski definition) is 2. The number of aromatic hydroxyl groups is 2. The molecule has 0 fully saturated rings. The van der Waals surface area contributed by atoms with Crippen LogP contribution in [0.2, 0.25) is 0 Å². The second-order valence-electron chi connectivity index (χ2n) is 4.43. The van der Waals surface area contributed by atoms with Gasteiger partial charge in [0, 0.05) is 6.07 Å². The van der Waals surface area contributed by atoms with Gasteiger partial charge in [-0.25, -0.2) is 0 Å². The molecule has 0 heterocycles. The highest BCUT2D eigenvalue weighted by atomic mass is 16.3. The Morgan fingerprint density at radius 3 is 1.89 bits per heavy atom. The Labute approximate surface area is 108 Å². The number of rotatable bonds is 3. The number of aryl methyl sites for hydroxylation is 2. The van der Waals surface area contributed by atoms with E-state index in [1.165, 1.54) is 17.2 Å². The van der Waals surface area contributed by atoms with Gasteiger partial charge >= 0.3 is 0 Å². The van der Waals surface area contributed by atoms with Gasteiger partial charge in [-0.1, -0.05) is 32.0 Å². The zero-order valence-corrected chi connectivity index (χ0v) is 10.8. The van der Waals surface area contributed by atoms with Crippen LogP contribution >= 0.6 is 0 Å². The lowest BCUT2D eigenvalue weighted by Gasteiger charge is -2.10. The lowest BCUT2D eigenvalue weighted by atomic mass is 9.96. The van der Waals surface area contributed by atoms with E-state index in [0.29, 0.717) is 0 Å². The second-order valence-corrected chi connectivity index (χ2v) is 4.43. The molecule has 94 valence electrons. The van der Waals surface area contributed by atoms with Gasteiger partial charge in [0.2, 0.25) is 0 Å². The average molecular weight is 242 g/mol. The van der Waals surface area contributed by atoms with E-state index in [4.69, 9.17) is 0 Å². The first-order valence-electron chi connectivity index (χ1n) is 6.29. The van der Waals surface area contributed by atoms with E-state index in [0.717, 1.165) is 24.0 Å². The van der Waals surface area contributed by atoms with Crippen LogP contribution in [0.25, 0.3) is 11.1 Å². The first kappa shape index (κ1) is 12.5. The number of hydrogen-bond acceptors (Lipinski definition) is 2. The molecule has 0 aromatic heterocycles. The Balaban J connectivity index is 2.50. The minimum atomic E-state index is 0.0858. The molecule has 2 aromatic rings. The molecular formula is C16H18O2. The summed E-state index contributed by atoms with van der Waals surface area (Å²) in [6, 6.07) is 11.0. The topological polar surface area (TPSA) is 40.5 Å². The summed E-state index contributed by atoms with van der Waals surface area (Å²) in [4.78, 5) is 0. The van der Waals surface area contributed by atoms with E-state index in [1.54, 1.807) is 12.1 Å². The van der Waals surface area contributed by atoms with Gasteiger partial charge in [0.25, 0.3) is 0 Å². The van der Waals surface area contributed by atoms with Crippen LogP contribution in [0.1, 0.15) is 25.0 Å². The summed E-state index contributed by atoms with van der Waals surface area (Å²) in [5.74, 6) is 0.172. The van der Waals surface area contributed by atoms with Gasteiger partial charge in [0.15, 0.2) is 0 Å². The SMILES string of the molecule is CCc1ccc(-c2cc(O)cc(O)c2)cc1CC. The molecule has 0 radical (unpaired) electrons. The maximum absolute atomic E-state index is 9.52. The van der Waals surface area contributed by atoms with Gasteiger partial charge in [-0.3, -0.25) is 0 Å². The van der Waals surface area contributed by atoms with E-state index in [1.807, 2.05) is 6.07 Å². The van der Waals surface area contributed by atoms with Crippen LogP contribution in [0, 0.1) is 0 Å². The van der Waals surface area contributed by atoms with Crippen molar-refractivity contribution in [1.82, 2.24) is 0 Å². The first-order chi connectivity index (χ1) is 8.63. The number of phenolic OH excluding ortho intramolecular Hbond substituents is 2. The molecule has 18 heavy (non-hydrogen) atoms. The predicted molar refractivity (Wildman–Crippen MR) is 74.0 cm³/mol. The number of phenols is 2. The summed E-state index contributed by atoms with van der Waals surface area (Å²) in [7, 11) is 0. The Hall–Kier alpha value is -1.96. The summed E-state index contributed by atoms with van der Waals surface area (Å²) in [6.07, 6.45) is 2.01. The standard InChI is InChI=1S/C16H18O2/c1-3-11-5-6-13(7-12(11)4-2)14-8-15(17)10-16(18)9-14/h5-10,17-18H,3-4H2,1-2H3. The van der Waals surface area contributed by atoms with Crippen LogP contribution in [0.5, 0.6) is 11.5 Å². The molecule has 0 atom stereocenters. The van der Waals surface area contributed by atoms with Crippen molar-refractivity contribution in [2.45, 2.75) is 26.7 Å². The Morgan fingerprint density at radius 2 is 1.33 bits per heavy atom. The van der Waals surface area contributed by atoms with Crippen molar-refractivity contribution >= 4 is 0 Å². The summed E-state index contributed by atoms with van der Waals surface area (Å²) < 4.78 is 0. The minimum Gasteiger partial charge on any atom is -0.508 e. The lowest BCUT2D eigenvalue weighted by molar-refractivity contribution is 0.451. The summed E-state index contributed by atoms with van der Waals surface area (Å²) in [5.41, 5.74) is 4.53. The molecule has 0 spiro atoms. The van der Waals surface area contributed by atoms with Crippen LogP contribution < -0.4 is 0 Å². The van der Waals surface area contributed by atoms with Crippen molar-refractivity contribution in [2.24, 2.45) is 0 Å². The zero-order valence-electron chi connectivity index (χ0n) is 10.8. The van der Waals surface area contributed by atoms with Crippen LogP contribution in [0.3, 0.4) is 0 Å². The van der Waals surface area contributed by atoms with Gasteiger partial charge < -0.3 is 10.2 Å². The predicted octanol–water partition coefficient (Wildman–Crippen LogP) is 3.89. The quantitative estimate of drug-likeness (QED) is 0.857. The third-order valence-corrected chi connectivity index (χ3v) is 3.20. The monoisotopic (exact) mass is 242 g/mol. The van der Waals surface area contributed by atoms with Crippen molar-refractivity contribution in [2.75, 3.05) is 0 Å². The second kappa shape index (κ2) is 5.13. The fourth-order valence-electron chi connectivity index (χ4n) is 2.24. The molecule has 0 unspecified atom stereocenters. The van der Waals surface area contributed by atoms with Crippen LogP contribution in [-0.4, -0.2) is 10.2 Å². The van der Waals surface area contributed by atoms with Gasteiger partial charge in [0.05, 0.1) is 0 Å². The maximum Gasteiger partial charge on any atom is 0.119 e. The first-order valence-corrected chi connectivity index (χ1v) is 6.29. The van der Waals surface area contributed by atoms with Crippen molar-refractivity contribution in [3.8, 4) is 22.6 Å². The molecule has 0 saturated carbocycles. The average Bonchev–Trinajstić information content (AvgIpc) is 2.36. The highest BCUT2D eigenvalue weighted by Gasteiger charge is 2.05. The Kier molecular flexibility index (Phi) is 3.56. The van der Waals surface area contributed by atoms with Crippen molar-refractivity contribution in [3.05, 3.63) is 47.5 Å². The van der Waals surface area contributed by atoms with E-state index in [2.05, 4.69) is 26.0 Å². The molecule has 0 bridgehead atoms. The van der Waals surface area contributed by atoms with Crippen molar-refractivity contribution < 1.29 is 10.2 Å². The molecule has 2 aromatic carbocycles. The van der Waals surface area contributed by atoms with Gasteiger partial charge in [-0.2, -0.15) is 0 Å². The molecule has 0 aliphatic rings. The molecule has 2 nitrogen and oxygen atoms in total. The van der Waals surface area contributed by atoms with Crippen LogP contribution in [0.15, 0.2) is 36.4 Å². The molecule has 0 saturated heterocycles. The molecular weight excluding hydrogens is 224 g/mol. The fourth-order valence-corrected chi connectivity index (χ4v) is 2.24. The van der Waals surface area contributed by atoms with Gasteiger partial charge in [0.1, 0.15) is 11.5 Å². The molecule has 2 N–H and O–H groups in total. The van der Waals surface area contributed by atoms with Crippen molar-refractivity contribution in [1.29, 1.82) is 0 Å². The largest absolute Gasteiger partial charge is 0.508 e. The molecule has 2 heteroatoms. The van der Waals surface area contributed by atoms with Crippen LogP contribution in [0.4, 0.5) is 0 Å². The Morgan fingerprint density at radius 1 is 0.722 bits per heavy atom. The van der Waals surface area contributed by atoms with E-state index >= 15 is 0 Å². The van der Waals surface area contributed by atoms with Crippen LogP contribution in [-0.2, 0) is 12.8 Å². The minimum absolute atomic E-state index is 0.0858. The van der Waals surface area contributed by atoms with Crippen molar-refractivity contribution in [3.63, 3.8) is 0 Å². The van der Waals surface area contributed by atoms with Gasteiger partial charge in [-0.05, 0) is 47.2 Å². The molecule has 0 aliphatic carbocycles. The summed E-state index contributed by atoms with van der Waals surface area (Å²) >= 11 is 0. The molecule has 0 amide bonds. The molecule has 0 aliphatic heterocycles. The van der Waals surface area contributed by atoms with E-state index in [-0.39, 0.29) is 11.5 Å². The van der Waals surface area contributed by atoms with E-state index in [9.17, 15) is 10.2 Å². The highest BCUT2D eigenvalue weighted by Crippen LogP contribution is 2.30. The summed E-state index contributed by atoms with van der Waals surface area (Å²) in [6.45, 7) is 4.28.